The first-order valence-corrected chi connectivity index (χ1v) is 14.1. The van der Waals surface area contributed by atoms with E-state index in [1.165, 1.54) is 11.1 Å². The van der Waals surface area contributed by atoms with Crippen LogP contribution in [0.1, 0.15) is 64.7 Å². The number of esters is 1. The molecule has 0 spiro atoms. The third-order valence-corrected chi connectivity index (χ3v) is 6.65. The van der Waals surface area contributed by atoms with Crippen molar-refractivity contribution in [3.05, 3.63) is 102 Å². The second-order valence-electron chi connectivity index (χ2n) is 11.6. The first-order chi connectivity index (χ1) is 19.0. The van der Waals surface area contributed by atoms with Crippen LogP contribution in [0.4, 0.5) is 10.5 Å². The van der Waals surface area contributed by atoms with Gasteiger partial charge in [-0.1, -0.05) is 72.8 Å². The fraction of sp³-hybridized carbons (Fsp3) is 0.412. The average molecular weight is 545 g/mol. The molecule has 0 saturated carbocycles. The van der Waals surface area contributed by atoms with Gasteiger partial charge in [-0.25, -0.2) is 4.79 Å². The van der Waals surface area contributed by atoms with Crippen LogP contribution in [0, 0.1) is 0 Å². The van der Waals surface area contributed by atoms with Crippen molar-refractivity contribution in [3.8, 4) is 0 Å². The standard InChI is InChI=1S/C34H44N2O4/c1-7-39-31(37)34(5,6)29-19-21-30(22-20-29)36(32(38)40-33(2,3)4)24-14-23-35(25-27-15-10-8-11-16-27)26-28-17-12-9-13-18-28/h8-13,15-22H,7,14,23-26H2,1-6H3. The van der Waals surface area contributed by atoms with E-state index in [4.69, 9.17) is 9.47 Å². The molecule has 214 valence electrons. The Morgan fingerprint density at radius 2 is 1.25 bits per heavy atom. The zero-order valence-corrected chi connectivity index (χ0v) is 24.9. The molecule has 0 radical (unpaired) electrons. The molecule has 1 amide bonds. The zero-order chi connectivity index (χ0) is 29.2. The van der Waals surface area contributed by atoms with E-state index in [1.807, 2.05) is 71.0 Å². The number of rotatable bonds is 12. The van der Waals surface area contributed by atoms with Gasteiger partial charge >= 0.3 is 12.1 Å². The van der Waals surface area contributed by atoms with E-state index < -0.39 is 11.0 Å². The summed E-state index contributed by atoms with van der Waals surface area (Å²) >= 11 is 0. The molecular formula is C34H44N2O4. The summed E-state index contributed by atoms with van der Waals surface area (Å²) in [6.45, 7) is 14.4. The van der Waals surface area contributed by atoms with Gasteiger partial charge in [-0.05, 0) is 76.8 Å². The van der Waals surface area contributed by atoms with Crippen LogP contribution in [-0.2, 0) is 32.8 Å². The lowest BCUT2D eigenvalue weighted by atomic mass is 9.84. The minimum atomic E-state index is -0.791. The highest BCUT2D eigenvalue weighted by Crippen LogP contribution is 2.28. The molecule has 0 aliphatic carbocycles. The first-order valence-electron chi connectivity index (χ1n) is 14.1. The van der Waals surface area contributed by atoms with Crippen LogP contribution in [-0.4, -0.2) is 42.3 Å². The highest BCUT2D eigenvalue weighted by molar-refractivity contribution is 5.88. The van der Waals surface area contributed by atoms with Gasteiger partial charge < -0.3 is 9.47 Å². The predicted molar refractivity (Wildman–Crippen MR) is 161 cm³/mol. The van der Waals surface area contributed by atoms with E-state index in [0.717, 1.165) is 37.3 Å². The molecule has 3 aromatic carbocycles. The number of anilines is 1. The van der Waals surface area contributed by atoms with Gasteiger partial charge in [0.05, 0.1) is 12.0 Å². The molecule has 6 heteroatoms. The van der Waals surface area contributed by atoms with Crippen LogP contribution in [0.2, 0.25) is 0 Å². The maximum Gasteiger partial charge on any atom is 0.414 e. The van der Waals surface area contributed by atoms with Gasteiger partial charge in [0.25, 0.3) is 0 Å². The molecule has 0 fully saturated rings. The van der Waals surface area contributed by atoms with Crippen LogP contribution >= 0.6 is 0 Å². The van der Waals surface area contributed by atoms with E-state index in [9.17, 15) is 9.59 Å². The summed E-state index contributed by atoms with van der Waals surface area (Å²) in [5, 5.41) is 0. The van der Waals surface area contributed by atoms with Gasteiger partial charge in [-0.15, -0.1) is 0 Å². The van der Waals surface area contributed by atoms with Crippen molar-refractivity contribution in [2.24, 2.45) is 0 Å². The molecule has 0 unspecified atom stereocenters. The predicted octanol–water partition coefficient (Wildman–Crippen LogP) is 7.36. The molecule has 0 aliphatic heterocycles. The average Bonchev–Trinajstić information content (AvgIpc) is 2.91. The number of nitrogens with zero attached hydrogens (tertiary/aromatic N) is 2. The third kappa shape index (κ3) is 9.23. The van der Waals surface area contributed by atoms with Crippen molar-refractivity contribution in [2.45, 2.75) is 72.1 Å². The summed E-state index contributed by atoms with van der Waals surface area (Å²) in [6, 6.07) is 28.4. The SMILES string of the molecule is CCOC(=O)C(C)(C)c1ccc(N(CCCN(Cc2ccccc2)Cc2ccccc2)C(=O)OC(C)(C)C)cc1. The second kappa shape index (κ2) is 14.1. The lowest BCUT2D eigenvalue weighted by molar-refractivity contribution is -0.148. The monoisotopic (exact) mass is 544 g/mol. The summed E-state index contributed by atoms with van der Waals surface area (Å²) in [5.74, 6) is -0.274. The molecular weight excluding hydrogens is 500 g/mol. The normalized spacial score (nSPS) is 11.8. The van der Waals surface area contributed by atoms with Crippen LogP contribution < -0.4 is 4.90 Å². The fourth-order valence-electron chi connectivity index (χ4n) is 4.48. The summed E-state index contributed by atoms with van der Waals surface area (Å²) < 4.78 is 11.0. The smallest absolute Gasteiger partial charge is 0.414 e. The Bertz CT molecular complexity index is 1160. The van der Waals surface area contributed by atoms with Crippen LogP contribution in [0.25, 0.3) is 0 Å². The maximum absolute atomic E-state index is 13.3. The van der Waals surface area contributed by atoms with Crippen molar-refractivity contribution in [3.63, 3.8) is 0 Å². The second-order valence-corrected chi connectivity index (χ2v) is 11.6. The summed E-state index contributed by atoms with van der Waals surface area (Å²) in [6.07, 6.45) is 0.372. The molecule has 0 heterocycles. The topological polar surface area (TPSA) is 59.1 Å². The Morgan fingerprint density at radius 3 is 1.73 bits per heavy atom. The highest BCUT2D eigenvalue weighted by atomic mass is 16.6. The van der Waals surface area contributed by atoms with E-state index in [-0.39, 0.29) is 12.1 Å². The summed E-state index contributed by atoms with van der Waals surface area (Å²) in [4.78, 5) is 29.9. The Morgan fingerprint density at radius 1 is 0.725 bits per heavy atom. The van der Waals surface area contributed by atoms with Crippen molar-refractivity contribution in [1.82, 2.24) is 4.90 Å². The first kappa shape index (κ1) is 30.9. The fourth-order valence-corrected chi connectivity index (χ4v) is 4.48. The van der Waals surface area contributed by atoms with Gasteiger partial charge in [0.15, 0.2) is 0 Å². The molecule has 40 heavy (non-hydrogen) atoms. The molecule has 6 nitrogen and oxygen atoms in total. The van der Waals surface area contributed by atoms with Gasteiger partial charge in [-0.2, -0.15) is 0 Å². The van der Waals surface area contributed by atoms with Crippen molar-refractivity contribution in [1.29, 1.82) is 0 Å². The lowest BCUT2D eigenvalue weighted by Gasteiger charge is -2.29. The number of carbonyl (C=O) groups is 2. The summed E-state index contributed by atoms with van der Waals surface area (Å²) in [5.41, 5.74) is 2.66. The molecule has 0 atom stereocenters. The van der Waals surface area contributed by atoms with Crippen LogP contribution in [0.5, 0.6) is 0 Å². The maximum atomic E-state index is 13.3. The van der Waals surface area contributed by atoms with Crippen molar-refractivity contribution < 1.29 is 19.1 Å². The summed E-state index contributed by atoms with van der Waals surface area (Å²) in [7, 11) is 0. The Hall–Kier alpha value is -3.64. The van der Waals surface area contributed by atoms with Gasteiger partial charge in [0.1, 0.15) is 5.60 Å². The van der Waals surface area contributed by atoms with Crippen LogP contribution in [0.15, 0.2) is 84.9 Å². The quantitative estimate of drug-likeness (QED) is 0.223. The third-order valence-electron chi connectivity index (χ3n) is 6.65. The molecule has 0 N–H and O–H groups in total. The molecule has 0 aromatic heterocycles. The Kier molecular flexibility index (Phi) is 10.9. The molecule has 3 aromatic rings. The van der Waals surface area contributed by atoms with Crippen molar-refractivity contribution in [2.75, 3.05) is 24.6 Å². The molecule has 0 aliphatic rings. The van der Waals surface area contributed by atoms with Crippen molar-refractivity contribution >= 4 is 17.7 Å². The lowest BCUT2D eigenvalue weighted by Crippen LogP contribution is -2.38. The molecule has 3 rings (SSSR count). The number of hydrogen-bond acceptors (Lipinski definition) is 5. The van der Waals surface area contributed by atoms with Crippen LogP contribution in [0.3, 0.4) is 0 Å². The van der Waals surface area contributed by atoms with Gasteiger partial charge in [-0.3, -0.25) is 14.6 Å². The molecule has 0 saturated heterocycles. The minimum Gasteiger partial charge on any atom is -0.465 e. The number of hydrogen-bond donors (Lipinski definition) is 0. The number of carbonyl (C=O) groups excluding carboxylic acids is 2. The van der Waals surface area contributed by atoms with E-state index in [2.05, 4.69) is 53.4 Å². The minimum absolute atomic E-state index is 0.274. The van der Waals surface area contributed by atoms with E-state index in [0.29, 0.717) is 13.2 Å². The Balaban J connectivity index is 1.77. The number of amides is 1. The molecule has 0 bridgehead atoms. The number of benzene rings is 3. The zero-order valence-electron chi connectivity index (χ0n) is 24.9. The number of ether oxygens (including phenoxy) is 2. The Labute approximate surface area is 239 Å². The highest BCUT2D eigenvalue weighted by Gasteiger charge is 2.32. The van der Waals surface area contributed by atoms with E-state index >= 15 is 0 Å². The van der Waals surface area contributed by atoms with Gasteiger partial charge in [0.2, 0.25) is 0 Å². The van der Waals surface area contributed by atoms with E-state index in [1.54, 1.807) is 11.8 Å². The van der Waals surface area contributed by atoms with Gasteiger partial charge in [0, 0.05) is 31.9 Å². The largest absolute Gasteiger partial charge is 0.465 e.